The standard InChI is InChI=1S/C10H17N3O/c14-4-3-10(8-1-2-8)12-6-9-5-11-7-13-9/h5,7-8,10,12,14H,1-4,6H2,(H,11,13). The molecule has 0 bridgehead atoms. The van der Waals surface area contributed by atoms with E-state index in [-0.39, 0.29) is 6.61 Å². The first-order valence-corrected chi connectivity index (χ1v) is 5.21. The third kappa shape index (κ3) is 2.56. The molecule has 1 aliphatic carbocycles. The molecular formula is C10H17N3O. The van der Waals surface area contributed by atoms with Crippen molar-refractivity contribution in [3.63, 3.8) is 0 Å². The monoisotopic (exact) mass is 195 g/mol. The fraction of sp³-hybridized carbons (Fsp3) is 0.700. The van der Waals surface area contributed by atoms with Crippen LogP contribution in [0, 0.1) is 5.92 Å². The Kier molecular flexibility index (Phi) is 3.16. The first-order chi connectivity index (χ1) is 6.90. The van der Waals surface area contributed by atoms with Crippen molar-refractivity contribution in [3.8, 4) is 0 Å². The molecule has 0 aliphatic heterocycles. The molecule has 0 amide bonds. The Bertz CT molecular complexity index is 256. The molecule has 0 radical (unpaired) electrons. The lowest BCUT2D eigenvalue weighted by Crippen LogP contribution is -2.31. The highest BCUT2D eigenvalue weighted by molar-refractivity contribution is 4.95. The Morgan fingerprint density at radius 2 is 2.50 bits per heavy atom. The number of aliphatic hydroxyl groups is 1. The van der Waals surface area contributed by atoms with Crippen LogP contribution >= 0.6 is 0 Å². The third-order valence-corrected chi connectivity index (χ3v) is 2.74. The van der Waals surface area contributed by atoms with Crippen LogP contribution in [0.5, 0.6) is 0 Å². The van der Waals surface area contributed by atoms with Crippen LogP contribution in [0.15, 0.2) is 12.5 Å². The van der Waals surface area contributed by atoms with Gasteiger partial charge in [0.2, 0.25) is 0 Å². The van der Waals surface area contributed by atoms with Crippen LogP contribution in [-0.4, -0.2) is 27.7 Å². The van der Waals surface area contributed by atoms with Crippen LogP contribution in [0.25, 0.3) is 0 Å². The average Bonchev–Trinajstić information content (AvgIpc) is 2.90. The highest BCUT2D eigenvalue weighted by Gasteiger charge is 2.30. The number of rotatable bonds is 6. The third-order valence-electron chi connectivity index (χ3n) is 2.74. The summed E-state index contributed by atoms with van der Waals surface area (Å²) in [6.45, 7) is 1.10. The van der Waals surface area contributed by atoms with Gasteiger partial charge in [-0.25, -0.2) is 4.98 Å². The van der Waals surface area contributed by atoms with Gasteiger partial charge in [0.05, 0.1) is 6.33 Å². The molecule has 78 valence electrons. The fourth-order valence-corrected chi connectivity index (χ4v) is 1.76. The predicted molar refractivity (Wildman–Crippen MR) is 53.6 cm³/mol. The number of imidazole rings is 1. The summed E-state index contributed by atoms with van der Waals surface area (Å²) < 4.78 is 0. The molecule has 1 heterocycles. The van der Waals surface area contributed by atoms with Crippen LogP contribution in [0.4, 0.5) is 0 Å². The zero-order valence-electron chi connectivity index (χ0n) is 8.24. The zero-order chi connectivity index (χ0) is 9.80. The maximum atomic E-state index is 8.91. The SMILES string of the molecule is OCCC(NCc1cnc[nH]1)C1CC1. The van der Waals surface area contributed by atoms with Crippen molar-refractivity contribution >= 4 is 0 Å². The van der Waals surface area contributed by atoms with E-state index in [9.17, 15) is 0 Å². The molecule has 1 atom stereocenters. The summed E-state index contributed by atoms with van der Waals surface area (Å²) in [5, 5.41) is 12.4. The van der Waals surface area contributed by atoms with Gasteiger partial charge >= 0.3 is 0 Å². The minimum atomic E-state index is 0.275. The number of aliphatic hydroxyl groups excluding tert-OH is 1. The van der Waals surface area contributed by atoms with Crippen molar-refractivity contribution in [2.45, 2.75) is 31.8 Å². The Hall–Kier alpha value is -0.870. The Morgan fingerprint density at radius 1 is 1.64 bits per heavy atom. The van der Waals surface area contributed by atoms with Gasteiger partial charge < -0.3 is 15.4 Å². The molecule has 14 heavy (non-hydrogen) atoms. The molecule has 1 aromatic rings. The normalized spacial score (nSPS) is 18.4. The van der Waals surface area contributed by atoms with Crippen LogP contribution in [0.2, 0.25) is 0 Å². The smallest absolute Gasteiger partial charge is 0.0922 e. The minimum Gasteiger partial charge on any atom is -0.396 e. The topological polar surface area (TPSA) is 60.9 Å². The van der Waals surface area contributed by atoms with Gasteiger partial charge in [-0.05, 0) is 25.2 Å². The molecule has 3 N–H and O–H groups in total. The van der Waals surface area contributed by atoms with Crippen molar-refractivity contribution in [1.29, 1.82) is 0 Å². The number of hydrogen-bond donors (Lipinski definition) is 3. The maximum Gasteiger partial charge on any atom is 0.0922 e. The van der Waals surface area contributed by atoms with Crippen LogP contribution in [0.1, 0.15) is 25.0 Å². The maximum absolute atomic E-state index is 8.91. The molecule has 2 rings (SSSR count). The fourth-order valence-electron chi connectivity index (χ4n) is 1.76. The summed E-state index contributed by atoms with van der Waals surface area (Å²) in [6, 6.07) is 0.475. The first kappa shape index (κ1) is 9.68. The molecule has 0 aromatic carbocycles. The minimum absolute atomic E-state index is 0.275. The Balaban J connectivity index is 1.76. The second-order valence-electron chi connectivity index (χ2n) is 3.91. The van der Waals surface area contributed by atoms with Gasteiger partial charge in [-0.15, -0.1) is 0 Å². The number of aromatic nitrogens is 2. The highest BCUT2D eigenvalue weighted by atomic mass is 16.3. The molecule has 1 fully saturated rings. The van der Waals surface area contributed by atoms with Crippen molar-refractivity contribution in [1.82, 2.24) is 15.3 Å². The average molecular weight is 195 g/mol. The summed E-state index contributed by atoms with van der Waals surface area (Å²) in [6.07, 6.45) is 6.99. The highest BCUT2D eigenvalue weighted by Crippen LogP contribution is 2.33. The van der Waals surface area contributed by atoms with Crippen LogP contribution in [-0.2, 0) is 6.54 Å². The number of H-pyrrole nitrogens is 1. The summed E-state index contributed by atoms with van der Waals surface area (Å²) in [5.74, 6) is 0.782. The van der Waals surface area contributed by atoms with Crippen molar-refractivity contribution in [2.75, 3.05) is 6.61 Å². The van der Waals surface area contributed by atoms with E-state index in [1.54, 1.807) is 6.33 Å². The summed E-state index contributed by atoms with van der Waals surface area (Å²) in [5.41, 5.74) is 1.11. The molecule has 4 nitrogen and oxygen atoms in total. The lowest BCUT2D eigenvalue weighted by atomic mass is 10.1. The van der Waals surface area contributed by atoms with E-state index in [0.717, 1.165) is 24.6 Å². The zero-order valence-corrected chi connectivity index (χ0v) is 8.24. The number of nitrogens with zero attached hydrogens (tertiary/aromatic N) is 1. The van der Waals surface area contributed by atoms with Crippen LogP contribution < -0.4 is 5.32 Å². The van der Waals surface area contributed by atoms with E-state index in [4.69, 9.17) is 5.11 Å². The van der Waals surface area contributed by atoms with E-state index in [0.29, 0.717) is 6.04 Å². The molecular weight excluding hydrogens is 178 g/mol. The van der Waals surface area contributed by atoms with E-state index in [2.05, 4.69) is 15.3 Å². The predicted octanol–water partition coefficient (Wildman–Crippen LogP) is 0.660. The molecule has 1 unspecified atom stereocenters. The van der Waals surface area contributed by atoms with E-state index in [1.165, 1.54) is 12.8 Å². The van der Waals surface area contributed by atoms with Gasteiger partial charge in [-0.3, -0.25) is 0 Å². The quantitative estimate of drug-likeness (QED) is 0.625. The van der Waals surface area contributed by atoms with E-state index in [1.807, 2.05) is 6.20 Å². The summed E-state index contributed by atoms with van der Waals surface area (Å²) >= 11 is 0. The lowest BCUT2D eigenvalue weighted by Gasteiger charge is -2.16. The first-order valence-electron chi connectivity index (χ1n) is 5.21. The molecule has 1 saturated carbocycles. The van der Waals surface area contributed by atoms with Gasteiger partial charge in [0.15, 0.2) is 0 Å². The Labute approximate surface area is 83.8 Å². The number of aromatic amines is 1. The van der Waals surface area contributed by atoms with E-state index < -0.39 is 0 Å². The molecule has 1 aromatic heterocycles. The van der Waals surface area contributed by atoms with E-state index >= 15 is 0 Å². The van der Waals surface area contributed by atoms with Gasteiger partial charge in [0.25, 0.3) is 0 Å². The van der Waals surface area contributed by atoms with Crippen LogP contribution in [0.3, 0.4) is 0 Å². The van der Waals surface area contributed by atoms with Gasteiger partial charge in [0.1, 0.15) is 0 Å². The second kappa shape index (κ2) is 4.57. The van der Waals surface area contributed by atoms with Crippen molar-refractivity contribution < 1.29 is 5.11 Å². The summed E-state index contributed by atoms with van der Waals surface area (Å²) in [4.78, 5) is 7.02. The Morgan fingerprint density at radius 3 is 3.07 bits per heavy atom. The molecule has 1 aliphatic rings. The van der Waals surface area contributed by atoms with Crippen molar-refractivity contribution in [2.24, 2.45) is 5.92 Å². The number of nitrogens with one attached hydrogen (secondary N) is 2. The molecule has 4 heteroatoms. The van der Waals surface area contributed by atoms with Gasteiger partial charge in [-0.2, -0.15) is 0 Å². The van der Waals surface area contributed by atoms with Crippen molar-refractivity contribution in [3.05, 3.63) is 18.2 Å². The number of hydrogen-bond acceptors (Lipinski definition) is 3. The molecule has 0 saturated heterocycles. The second-order valence-corrected chi connectivity index (χ2v) is 3.91. The van der Waals surface area contributed by atoms with Gasteiger partial charge in [0, 0.05) is 31.1 Å². The largest absolute Gasteiger partial charge is 0.396 e. The van der Waals surface area contributed by atoms with Gasteiger partial charge in [-0.1, -0.05) is 0 Å². The molecule has 0 spiro atoms. The summed E-state index contributed by atoms with van der Waals surface area (Å²) in [7, 11) is 0. The lowest BCUT2D eigenvalue weighted by molar-refractivity contribution is 0.255.